The Morgan fingerprint density at radius 2 is 1.76 bits per heavy atom. The third-order valence-corrected chi connectivity index (χ3v) is 7.28. The van der Waals surface area contributed by atoms with Crippen molar-refractivity contribution in [2.75, 3.05) is 40.3 Å². The molecule has 0 aromatic heterocycles. The SMILES string of the molecule is CN=C(N)c1ccc(OCC[C@]2(C(=O)[C@H](N)CC(=O)O)CCCCN2C2CCN(C)CC2)cc1.Cl.Cl.Cl. The lowest BCUT2D eigenvalue weighted by Crippen LogP contribution is -2.65. The highest BCUT2D eigenvalue weighted by atomic mass is 35.5. The Kier molecular flexibility index (Phi) is 15.6. The number of piperidine rings is 2. The number of aliphatic carboxylic acids is 1. The van der Waals surface area contributed by atoms with Gasteiger partial charge in [0.25, 0.3) is 0 Å². The van der Waals surface area contributed by atoms with Crippen LogP contribution in [0.2, 0.25) is 0 Å². The van der Waals surface area contributed by atoms with Crippen LogP contribution in [0.3, 0.4) is 0 Å². The van der Waals surface area contributed by atoms with Gasteiger partial charge < -0.3 is 26.2 Å². The highest BCUT2D eigenvalue weighted by Gasteiger charge is 2.49. The summed E-state index contributed by atoms with van der Waals surface area (Å²) in [6.45, 7) is 3.13. The van der Waals surface area contributed by atoms with Crippen LogP contribution in [0.4, 0.5) is 0 Å². The fraction of sp³-hybridized carbons (Fsp3) is 0.640. The fourth-order valence-electron chi connectivity index (χ4n) is 5.37. The average molecular weight is 583 g/mol. The number of ketones is 1. The number of hydrogen-bond acceptors (Lipinski definition) is 7. The Balaban J connectivity index is 0.00000432. The number of carboxylic acid groups (broad SMARTS) is 1. The second kappa shape index (κ2) is 16.4. The van der Waals surface area contributed by atoms with E-state index < -0.39 is 17.6 Å². The molecular formula is C25H42Cl3N5O4. The molecule has 37 heavy (non-hydrogen) atoms. The van der Waals surface area contributed by atoms with E-state index in [2.05, 4.69) is 21.8 Å². The predicted octanol–water partition coefficient (Wildman–Crippen LogP) is 2.75. The maximum absolute atomic E-state index is 13.7. The quantitative estimate of drug-likeness (QED) is 0.283. The zero-order chi connectivity index (χ0) is 24.7. The molecule has 1 aromatic rings. The number of carbonyl (C=O) groups excluding carboxylic acids is 1. The molecule has 0 spiro atoms. The van der Waals surface area contributed by atoms with Crippen molar-refractivity contribution in [3.05, 3.63) is 29.8 Å². The van der Waals surface area contributed by atoms with Crippen molar-refractivity contribution in [3.63, 3.8) is 0 Å². The van der Waals surface area contributed by atoms with Crippen molar-refractivity contribution < 1.29 is 19.4 Å². The molecule has 212 valence electrons. The molecule has 2 fully saturated rings. The molecule has 0 saturated carbocycles. The van der Waals surface area contributed by atoms with Gasteiger partial charge in [0.1, 0.15) is 11.6 Å². The third kappa shape index (κ3) is 8.97. The van der Waals surface area contributed by atoms with Crippen molar-refractivity contribution in [2.24, 2.45) is 16.5 Å². The number of nitrogens with two attached hydrogens (primary N) is 2. The van der Waals surface area contributed by atoms with Gasteiger partial charge in [-0.2, -0.15) is 0 Å². The maximum atomic E-state index is 13.7. The van der Waals surface area contributed by atoms with E-state index in [4.69, 9.17) is 16.2 Å². The Hall–Kier alpha value is -1.62. The van der Waals surface area contributed by atoms with Crippen LogP contribution in [0.5, 0.6) is 5.75 Å². The van der Waals surface area contributed by atoms with E-state index in [0.29, 0.717) is 31.0 Å². The Labute approximate surface area is 238 Å². The molecule has 0 radical (unpaired) electrons. The number of rotatable bonds is 10. The Morgan fingerprint density at radius 3 is 2.32 bits per heavy atom. The lowest BCUT2D eigenvalue weighted by molar-refractivity contribution is -0.145. The van der Waals surface area contributed by atoms with E-state index in [1.807, 2.05) is 24.3 Å². The van der Waals surface area contributed by atoms with Gasteiger partial charge in [0.2, 0.25) is 0 Å². The molecule has 0 aliphatic carbocycles. The normalized spacial score (nSPS) is 22.1. The van der Waals surface area contributed by atoms with Gasteiger partial charge in [-0.15, -0.1) is 37.2 Å². The number of hydrogen-bond donors (Lipinski definition) is 3. The smallest absolute Gasteiger partial charge is 0.305 e. The van der Waals surface area contributed by atoms with Gasteiger partial charge in [0, 0.05) is 25.1 Å². The lowest BCUT2D eigenvalue weighted by Gasteiger charge is -2.52. The summed E-state index contributed by atoms with van der Waals surface area (Å²) < 4.78 is 6.04. The molecule has 2 aliphatic heterocycles. The first-order chi connectivity index (χ1) is 16.3. The number of likely N-dealkylation sites (tertiary alicyclic amines) is 2. The zero-order valence-electron chi connectivity index (χ0n) is 21.6. The van der Waals surface area contributed by atoms with Gasteiger partial charge in [-0.3, -0.25) is 19.5 Å². The minimum Gasteiger partial charge on any atom is -0.494 e. The van der Waals surface area contributed by atoms with Crippen molar-refractivity contribution >= 4 is 54.8 Å². The second-order valence-electron chi connectivity index (χ2n) is 9.52. The Morgan fingerprint density at radius 1 is 1.14 bits per heavy atom. The number of amidine groups is 1. The number of benzene rings is 1. The van der Waals surface area contributed by atoms with Crippen molar-refractivity contribution in [1.29, 1.82) is 0 Å². The number of nitrogens with zero attached hydrogens (tertiary/aromatic N) is 3. The molecule has 0 bridgehead atoms. The standard InChI is InChI=1S/C25H39N5O4.3ClH/c1-28-24(27)18-5-7-20(8-6-18)34-16-12-25(23(33)21(26)17-22(31)32)11-3-4-13-30(25)19-9-14-29(2)15-10-19;;;/h5-8,19,21H,3-4,9-17,26H2,1-2H3,(H2,27,28)(H,31,32);3*1H/t21-,25+;;;/m1.../s1. The van der Waals surface area contributed by atoms with Gasteiger partial charge in [0.05, 0.1) is 24.6 Å². The number of Topliss-reactive ketones (excluding diaryl/α,β-unsaturated/α-hetero) is 1. The van der Waals surface area contributed by atoms with Crippen LogP contribution < -0.4 is 16.2 Å². The van der Waals surface area contributed by atoms with E-state index in [-0.39, 0.29) is 55.5 Å². The predicted molar refractivity (Wildman–Crippen MR) is 154 cm³/mol. The van der Waals surface area contributed by atoms with Gasteiger partial charge in [-0.25, -0.2) is 0 Å². The van der Waals surface area contributed by atoms with Crippen molar-refractivity contribution in [3.8, 4) is 5.75 Å². The minimum atomic E-state index is -1.05. The average Bonchev–Trinajstić information content (AvgIpc) is 2.84. The number of aliphatic imine (C=N–C) groups is 1. The van der Waals surface area contributed by atoms with Gasteiger partial charge >= 0.3 is 5.97 Å². The first-order valence-corrected chi connectivity index (χ1v) is 12.2. The molecule has 2 heterocycles. The fourth-order valence-corrected chi connectivity index (χ4v) is 5.37. The maximum Gasteiger partial charge on any atom is 0.305 e. The first kappa shape index (κ1) is 35.4. The molecule has 2 aliphatic rings. The lowest BCUT2D eigenvalue weighted by atomic mass is 9.75. The van der Waals surface area contributed by atoms with Crippen LogP contribution in [0, 0.1) is 0 Å². The summed E-state index contributed by atoms with van der Waals surface area (Å²) in [6, 6.07) is 6.65. The molecule has 12 heteroatoms. The number of ether oxygens (including phenoxy) is 1. The Bertz CT molecular complexity index is 882. The zero-order valence-corrected chi connectivity index (χ0v) is 24.1. The molecule has 1 aromatic carbocycles. The van der Waals surface area contributed by atoms with E-state index in [1.165, 1.54) is 0 Å². The summed E-state index contributed by atoms with van der Waals surface area (Å²) in [5, 5.41) is 9.27. The van der Waals surface area contributed by atoms with Gasteiger partial charge in [-0.1, -0.05) is 0 Å². The molecule has 5 N–H and O–H groups in total. The summed E-state index contributed by atoms with van der Waals surface area (Å²) in [4.78, 5) is 33.7. The molecule has 0 amide bonds. The number of carbonyl (C=O) groups is 2. The number of halogens is 3. The minimum absolute atomic E-state index is 0. The van der Waals surface area contributed by atoms with Crippen molar-refractivity contribution in [1.82, 2.24) is 9.80 Å². The van der Waals surface area contributed by atoms with Gasteiger partial charge in [0.15, 0.2) is 5.78 Å². The van der Waals surface area contributed by atoms with E-state index in [9.17, 15) is 14.7 Å². The molecule has 2 saturated heterocycles. The van der Waals surface area contributed by atoms with Crippen LogP contribution >= 0.6 is 37.2 Å². The number of carboxylic acids is 1. The monoisotopic (exact) mass is 581 g/mol. The molecule has 3 rings (SSSR count). The van der Waals surface area contributed by atoms with Crippen LogP contribution in [-0.4, -0.2) is 90.5 Å². The molecular weight excluding hydrogens is 541 g/mol. The molecule has 9 nitrogen and oxygen atoms in total. The summed E-state index contributed by atoms with van der Waals surface area (Å²) in [5.41, 5.74) is 12.0. The highest BCUT2D eigenvalue weighted by molar-refractivity contribution is 5.97. The molecule has 0 unspecified atom stereocenters. The third-order valence-electron chi connectivity index (χ3n) is 7.28. The topological polar surface area (TPSA) is 134 Å². The summed E-state index contributed by atoms with van der Waals surface area (Å²) >= 11 is 0. The summed E-state index contributed by atoms with van der Waals surface area (Å²) in [7, 11) is 3.76. The van der Waals surface area contributed by atoms with Gasteiger partial charge in [-0.05, 0) is 83.1 Å². The summed E-state index contributed by atoms with van der Waals surface area (Å²) in [5.74, 6) is -0.0745. The van der Waals surface area contributed by atoms with E-state index >= 15 is 0 Å². The van der Waals surface area contributed by atoms with Crippen LogP contribution in [0.1, 0.15) is 50.5 Å². The largest absolute Gasteiger partial charge is 0.494 e. The molecule has 2 atom stereocenters. The van der Waals surface area contributed by atoms with E-state index in [1.54, 1.807) is 7.05 Å². The van der Waals surface area contributed by atoms with Crippen LogP contribution in [-0.2, 0) is 9.59 Å². The van der Waals surface area contributed by atoms with Crippen LogP contribution in [0.15, 0.2) is 29.3 Å². The second-order valence-corrected chi connectivity index (χ2v) is 9.52. The van der Waals surface area contributed by atoms with Crippen LogP contribution in [0.25, 0.3) is 0 Å². The summed E-state index contributed by atoms with van der Waals surface area (Å²) in [6.07, 6.45) is 4.72. The van der Waals surface area contributed by atoms with E-state index in [0.717, 1.165) is 50.9 Å². The highest BCUT2D eigenvalue weighted by Crippen LogP contribution is 2.37. The van der Waals surface area contributed by atoms with Crippen molar-refractivity contribution in [2.45, 2.75) is 62.6 Å². The first-order valence-electron chi connectivity index (χ1n) is 12.2.